The summed E-state index contributed by atoms with van der Waals surface area (Å²) in [5.41, 5.74) is 3.32. The van der Waals surface area contributed by atoms with Crippen molar-refractivity contribution in [2.75, 3.05) is 6.54 Å². The molecule has 146 valence electrons. The number of nitrogens with zero attached hydrogens (tertiary/aromatic N) is 2. The number of amides is 1. The number of fused-ring (bicyclic) bond motifs is 1. The number of aryl methyl sites for hydroxylation is 4. The standard InChI is InChI=1S/C22H25N3O2S/c1-13-6-4-7-16(12-13)17-8-5-11-25(17)19(26)10-9-18-23-21(27)20-14(2)15(3)28-22(20)24-18/h4,6-7,12,17H,5,8-11H2,1-3H3,(H,23,24,27)/t17-/m0/s1. The maximum Gasteiger partial charge on any atom is 0.259 e. The third kappa shape index (κ3) is 3.49. The van der Waals surface area contributed by atoms with Gasteiger partial charge in [0, 0.05) is 24.3 Å². The molecule has 6 heteroatoms. The molecule has 2 aromatic heterocycles. The van der Waals surface area contributed by atoms with E-state index in [-0.39, 0.29) is 17.5 Å². The molecule has 28 heavy (non-hydrogen) atoms. The number of aromatic nitrogens is 2. The van der Waals surface area contributed by atoms with Crippen LogP contribution in [0.15, 0.2) is 29.1 Å². The van der Waals surface area contributed by atoms with Crippen molar-refractivity contribution in [3.63, 3.8) is 0 Å². The molecule has 1 atom stereocenters. The van der Waals surface area contributed by atoms with E-state index in [0.29, 0.717) is 24.1 Å². The topological polar surface area (TPSA) is 66.1 Å². The van der Waals surface area contributed by atoms with Gasteiger partial charge < -0.3 is 9.88 Å². The van der Waals surface area contributed by atoms with Gasteiger partial charge in [0.25, 0.3) is 5.56 Å². The fraction of sp³-hybridized carbons (Fsp3) is 0.409. The smallest absolute Gasteiger partial charge is 0.259 e. The van der Waals surface area contributed by atoms with Gasteiger partial charge in [0.2, 0.25) is 5.91 Å². The van der Waals surface area contributed by atoms with Crippen LogP contribution < -0.4 is 5.56 Å². The molecule has 0 bridgehead atoms. The number of hydrogen-bond donors (Lipinski definition) is 1. The van der Waals surface area contributed by atoms with Crippen LogP contribution >= 0.6 is 11.3 Å². The normalized spacial score (nSPS) is 16.8. The SMILES string of the molecule is Cc1cccc([C@@H]2CCCN2C(=O)CCc2nc3sc(C)c(C)c3c(=O)[nH]2)c1. The Bertz CT molecular complexity index is 1100. The van der Waals surface area contributed by atoms with E-state index >= 15 is 0 Å². The molecular formula is C22H25N3O2S. The van der Waals surface area contributed by atoms with Gasteiger partial charge in [0.15, 0.2) is 0 Å². The average Bonchev–Trinajstić information content (AvgIpc) is 3.25. The van der Waals surface area contributed by atoms with E-state index in [2.05, 4.69) is 41.2 Å². The monoisotopic (exact) mass is 395 g/mol. The van der Waals surface area contributed by atoms with Gasteiger partial charge in [-0.1, -0.05) is 29.8 Å². The molecule has 1 aliphatic rings. The number of nitrogens with one attached hydrogen (secondary N) is 1. The van der Waals surface area contributed by atoms with Crippen LogP contribution in [-0.2, 0) is 11.2 Å². The van der Waals surface area contributed by atoms with E-state index < -0.39 is 0 Å². The lowest BCUT2D eigenvalue weighted by Gasteiger charge is -2.25. The molecule has 0 saturated carbocycles. The zero-order valence-electron chi connectivity index (χ0n) is 16.5. The minimum Gasteiger partial charge on any atom is -0.336 e. The quantitative estimate of drug-likeness (QED) is 0.720. The zero-order valence-corrected chi connectivity index (χ0v) is 17.4. The molecule has 0 aliphatic carbocycles. The number of H-pyrrole nitrogens is 1. The summed E-state index contributed by atoms with van der Waals surface area (Å²) in [6, 6.07) is 8.57. The maximum absolute atomic E-state index is 12.9. The van der Waals surface area contributed by atoms with Gasteiger partial charge >= 0.3 is 0 Å². The van der Waals surface area contributed by atoms with Crippen LogP contribution in [0, 0.1) is 20.8 Å². The number of rotatable bonds is 4. The number of benzene rings is 1. The average molecular weight is 396 g/mol. The van der Waals surface area contributed by atoms with Gasteiger partial charge in [-0.25, -0.2) is 4.98 Å². The molecule has 3 heterocycles. The Kier molecular flexibility index (Phi) is 5.06. The van der Waals surface area contributed by atoms with E-state index in [4.69, 9.17) is 0 Å². The number of carbonyl (C=O) groups is 1. The number of thiophene rings is 1. The fourth-order valence-corrected chi connectivity index (χ4v) is 5.12. The van der Waals surface area contributed by atoms with Crippen molar-refractivity contribution in [2.45, 2.75) is 52.5 Å². The van der Waals surface area contributed by atoms with Crippen molar-refractivity contribution in [3.05, 3.63) is 62.0 Å². The van der Waals surface area contributed by atoms with Gasteiger partial charge in [0.1, 0.15) is 10.7 Å². The van der Waals surface area contributed by atoms with Gasteiger partial charge in [-0.05, 0) is 44.7 Å². The molecule has 1 amide bonds. The van der Waals surface area contributed by atoms with Crippen LogP contribution in [0.4, 0.5) is 0 Å². The zero-order chi connectivity index (χ0) is 19.8. The van der Waals surface area contributed by atoms with E-state index in [9.17, 15) is 9.59 Å². The molecule has 1 fully saturated rings. The summed E-state index contributed by atoms with van der Waals surface area (Å²) >= 11 is 1.54. The third-order valence-corrected chi connectivity index (χ3v) is 6.76. The molecule has 1 aliphatic heterocycles. The highest BCUT2D eigenvalue weighted by Crippen LogP contribution is 2.33. The third-order valence-electron chi connectivity index (χ3n) is 5.66. The highest BCUT2D eigenvalue weighted by Gasteiger charge is 2.29. The van der Waals surface area contributed by atoms with Gasteiger partial charge in [-0.2, -0.15) is 0 Å². The summed E-state index contributed by atoms with van der Waals surface area (Å²) in [5, 5.41) is 0.677. The van der Waals surface area contributed by atoms with Crippen molar-refractivity contribution < 1.29 is 4.79 Å². The van der Waals surface area contributed by atoms with E-state index in [0.717, 1.165) is 34.7 Å². The predicted octanol–water partition coefficient (Wildman–Crippen LogP) is 4.21. The summed E-state index contributed by atoms with van der Waals surface area (Å²) < 4.78 is 0. The summed E-state index contributed by atoms with van der Waals surface area (Å²) in [6.45, 7) is 6.83. The molecule has 1 N–H and O–H groups in total. The van der Waals surface area contributed by atoms with Gasteiger partial charge in [-0.15, -0.1) is 11.3 Å². The second-order valence-electron chi connectivity index (χ2n) is 7.64. The number of likely N-dealkylation sites (tertiary alicyclic amines) is 1. The Balaban J connectivity index is 1.49. The van der Waals surface area contributed by atoms with E-state index in [1.165, 1.54) is 22.5 Å². The Morgan fingerprint density at radius 3 is 2.93 bits per heavy atom. The number of carbonyl (C=O) groups excluding carboxylic acids is 1. The van der Waals surface area contributed by atoms with Crippen LogP contribution in [0.1, 0.15) is 52.7 Å². The minimum atomic E-state index is -0.104. The molecular weight excluding hydrogens is 370 g/mol. The Labute approximate surface area is 168 Å². The Morgan fingerprint density at radius 1 is 1.32 bits per heavy atom. The lowest BCUT2D eigenvalue weighted by Crippen LogP contribution is -2.31. The molecule has 4 rings (SSSR count). The summed E-state index contributed by atoms with van der Waals surface area (Å²) in [4.78, 5) is 36.7. The molecule has 0 unspecified atom stereocenters. The van der Waals surface area contributed by atoms with Crippen LogP contribution in [0.2, 0.25) is 0 Å². The molecule has 1 aromatic carbocycles. The van der Waals surface area contributed by atoms with E-state index in [1.54, 1.807) is 0 Å². The molecule has 3 aromatic rings. The highest BCUT2D eigenvalue weighted by atomic mass is 32.1. The Hall–Kier alpha value is -2.47. The van der Waals surface area contributed by atoms with Crippen LogP contribution in [-0.4, -0.2) is 27.3 Å². The van der Waals surface area contributed by atoms with Crippen molar-refractivity contribution in [2.24, 2.45) is 0 Å². The van der Waals surface area contributed by atoms with Crippen molar-refractivity contribution in [1.82, 2.24) is 14.9 Å². The maximum atomic E-state index is 12.9. The van der Waals surface area contributed by atoms with E-state index in [1.807, 2.05) is 18.7 Å². The minimum absolute atomic E-state index is 0.104. The second kappa shape index (κ2) is 7.51. The highest BCUT2D eigenvalue weighted by molar-refractivity contribution is 7.18. The Morgan fingerprint density at radius 2 is 2.14 bits per heavy atom. The lowest BCUT2D eigenvalue weighted by atomic mass is 10.0. The first kappa shape index (κ1) is 18.9. The predicted molar refractivity (Wildman–Crippen MR) is 113 cm³/mol. The number of aromatic amines is 1. The van der Waals surface area contributed by atoms with Crippen molar-refractivity contribution in [1.29, 1.82) is 0 Å². The molecule has 0 spiro atoms. The van der Waals surface area contributed by atoms with Crippen molar-refractivity contribution >= 4 is 27.5 Å². The molecule has 0 radical (unpaired) electrons. The first-order chi connectivity index (χ1) is 13.4. The summed E-state index contributed by atoms with van der Waals surface area (Å²) in [7, 11) is 0. The van der Waals surface area contributed by atoms with Crippen LogP contribution in [0.5, 0.6) is 0 Å². The largest absolute Gasteiger partial charge is 0.336 e. The van der Waals surface area contributed by atoms with Gasteiger partial charge in [-0.3, -0.25) is 9.59 Å². The van der Waals surface area contributed by atoms with Crippen LogP contribution in [0.25, 0.3) is 10.2 Å². The summed E-state index contributed by atoms with van der Waals surface area (Å²) in [6.07, 6.45) is 2.85. The second-order valence-corrected chi connectivity index (χ2v) is 8.84. The molecule has 1 saturated heterocycles. The van der Waals surface area contributed by atoms with Crippen LogP contribution in [0.3, 0.4) is 0 Å². The molecule has 5 nitrogen and oxygen atoms in total. The fourth-order valence-electron chi connectivity index (χ4n) is 4.08. The summed E-state index contributed by atoms with van der Waals surface area (Å²) in [5.74, 6) is 0.726. The first-order valence-electron chi connectivity index (χ1n) is 9.79. The van der Waals surface area contributed by atoms with Crippen molar-refractivity contribution in [3.8, 4) is 0 Å². The lowest BCUT2D eigenvalue weighted by molar-refractivity contribution is -0.132. The first-order valence-corrected chi connectivity index (χ1v) is 10.6. The number of hydrogen-bond acceptors (Lipinski definition) is 4. The van der Waals surface area contributed by atoms with Gasteiger partial charge in [0.05, 0.1) is 11.4 Å².